The van der Waals surface area contributed by atoms with Crippen LogP contribution >= 0.6 is 15.9 Å². The molecular formula is C12H12BrF2N5O. The standard InChI is InChI=1S/C12H12BrF2N5O/c1-16-10-17-11(20(2)3)19-12(18-10)21-8-5-6(13)4-7(14)9(8)15/h4-5H,1-3H3,(H,16,17,18,19). The normalized spacial score (nSPS) is 10.4. The van der Waals surface area contributed by atoms with Crippen molar-refractivity contribution in [3.05, 3.63) is 28.2 Å². The van der Waals surface area contributed by atoms with E-state index in [0.29, 0.717) is 10.4 Å². The molecule has 0 saturated heterocycles. The predicted molar refractivity (Wildman–Crippen MR) is 77.8 cm³/mol. The molecule has 1 aromatic carbocycles. The lowest BCUT2D eigenvalue weighted by Gasteiger charge is -2.13. The van der Waals surface area contributed by atoms with Gasteiger partial charge in [-0.15, -0.1) is 0 Å². The number of hydrogen-bond donors (Lipinski definition) is 1. The van der Waals surface area contributed by atoms with Crippen LogP contribution in [0.2, 0.25) is 0 Å². The van der Waals surface area contributed by atoms with E-state index in [2.05, 4.69) is 36.2 Å². The van der Waals surface area contributed by atoms with E-state index in [-0.39, 0.29) is 17.7 Å². The highest BCUT2D eigenvalue weighted by molar-refractivity contribution is 9.10. The van der Waals surface area contributed by atoms with E-state index in [1.54, 1.807) is 26.0 Å². The van der Waals surface area contributed by atoms with Crippen LogP contribution in [0.3, 0.4) is 0 Å². The number of aromatic nitrogens is 3. The number of benzene rings is 1. The summed E-state index contributed by atoms with van der Waals surface area (Å²) in [5.74, 6) is -1.90. The van der Waals surface area contributed by atoms with Crippen LogP contribution in [0.25, 0.3) is 0 Å². The number of halogens is 3. The van der Waals surface area contributed by atoms with Crippen LogP contribution in [0.15, 0.2) is 16.6 Å². The average Bonchev–Trinajstić information content (AvgIpc) is 2.43. The van der Waals surface area contributed by atoms with Crippen molar-refractivity contribution in [1.29, 1.82) is 0 Å². The molecule has 0 fully saturated rings. The molecule has 0 saturated carbocycles. The monoisotopic (exact) mass is 359 g/mol. The van der Waals surface area contributed by atoms with Gasteiger partial charge in [-0.2, -0.15) is 19.3 Å². The van der Waals surface area contributed by atoms with Gasteiger partial charge < -0.3 is 15.0 Å². The number of ether oxygens (including phenoxy) is 1. The molecule has 0 atom stereocenters. The number of nitrogens with one attached hydrogen (secondary N) is 1. The third-order valence-electron chi connectivity index (χ3n) is 2.39. The second kappa shape index (κ2) is 6.17. The van der Waals surface area contributed by atoms with Crippen molar-refractivity contribution < 1.29 is 13.5 Å². The van der Waals surface area contributed by atoms with Crippen molar-refractivity contribution in [3.8, 4) is 11.8 Å². The minimum atomic E-state index is -1.11. The maximum atomic E-state index is 13.7. The first-order valence-corrected chi connectivity index (χ1v) is 6.63. The number of hydrogen-bond acceptors (Lipinski definition) is 6. The fraction of sp³-hybridized carbons (Fsp3) is 0.250. The zero-order valence-corrected chi connectivity index (χ0v) is 13.1. The van der Waals surface area contributed by atoms with E-state index in [4.69, 9.17) is 4.74 Å². The summed E-state index contributed by atoms with van der Waals surface area (Å²) in [4.78, 5) is 13.7. The van der Waals surface area contributed by atoms with Gasteiger partial charge in [-0.1, -0.05) is 15.9 Å². The van der Waals surface area contributed by atoms with Crippen LogP contribution in [0, 0.1) is 11.6 Å². The lowest BCUT2D eigenvalue weighted by Crippen LogP contribution is -2.15. The van der Waals surface area contributed by atoms with Crippen LogP contribution in [0.4, 0.5) is 20.7 Å². The Morgan fingerprint density at radius 2 is 1.90 bits per heavy atom. The zero-order valence-electron chi connectivity index (χ0n) is 11.5. The van der Waals surface area contributed by atoms with Crippen molar-refractivity contribution in [2.24, 2.45) is 0 Å². The highest BCUT2D eigenvalue weighted by Crippen LogP contribution is 2.28. The Bertz CT molecular complexity index is 668. The summed E-state index contributed by atoms with van der Waals surface area (Å²) in [5.41, 5.74) is 0. The van der Waals surface area contributed by atoms with E-state index in [0.717, 1.165) is 6.07 Å². The summed E-state index contributed by atoms with van der Waals surface area (Å²) in [6, 6.07) is 2.14. The summed E-state index contributed by atoms with van der Waals surface area (Å²) in [5, 5.41) is 2.74. The minimum absolute atomic E-state index is 0.144. The first-order chi connectivity index (χ1) is 9.90. The first kappa shape index (κ1) is 15.4. The molecule has 0 amide bonds. The third-order valence-corrected chi connectivity index (χ3v) is 2.85. The number of anilines is 2. The Balaban J connectivity index is 2.41. The molecule has 0 aliphatic heterocycles. The van der Waals surface area contributed by atoms with Gasteiger partial charge in [-0.25, -0.2) is 4.39 Å². The maximum Gasteiger partial charge on any atom is 0.328 e. The second-order valence-electron chi connectivity index (χ2n) is 4.19. The SMILES string of the molecule is CNc1nc(Oc2cc(Br)cc(F)c2F)nc(N(C)C)n1. The molecular weight excluding hydrogens is 348 g/mol. The van der Waals surface area contributed by atoms with Gasteiger partial charge in [-0.3, -0.25) is 0 Å². The largest absolute Gasteiger partial charge is 0.421 e. The van der Waals surface area contributed by atoms with Crippen LogP contribution in [-0.2, 0) is 0 Å². The predicted octanol–water partition coefficient (Wildman–Crippen LogP) is 2.81. The van der Waals surface area contributed by atoms with Crippen molar-refractivity contribution in [2.75, 3.05) is 31.4 Å². The van der Waals surface area contributed by atoms with Gasteiger partial charge in [0, 0.05) is 25.6 Å². The second-order valence-corrected chi connectivity index (χ2v) is 5.10. The number of rotatable bonds is 4. The molecule has 6 nitrogen and oxygen atoms in total. The Morgan fingerprint density at radius 1 is 1.19 bits per heavy atom. The molecule has 2 rings (SSSR count). The molecule has 1 aromatic heterocycles. The number of nitrogens with zero attached hydrogens (tertiary/aromatic N) is 4. The summed E-state index contributed by atoms with van der Waals surface area (Å²) in [6.07, 6.45) is 0. The van der Waals surface area contributed by atoms with E-state index < -0.39 is 11.6 Å². The first-order valence-electron chi connectivity index (χ1n) is 5.84. The molecule has 21 heavy (non-hydrogen) atoms. The van der Waals surface area contributed by atoms with Gasteiger partial charge in [0.15, 0.2) is 11.6 Å². The Labute approximate surface area is 128 Å². The molecule has 0 unspecified atom stereocenters. The van der Waals surface area contributed by atoms with E-state index >= 15 is 0 Å². The Kier molecular flexibility index (Phi) is 4.51. The van der Waals surface area contributed by atoms with Gasteiger partial charge in [0.25, 0.3) is 0 Å². The fourth-order valence-corrected chi connectivity index (χ4v) is 1.82. The summed E-state index contributed by atoms with van der Waals surface area (Å²) in [7, 11) is 5.09. The quantitative estimate of drug-likeness (QED) is 0.847. The Hall–Kier alpha value is -2.03. The lowest BCUT2D eigenvalue weighted by molar-refractivity contribution is 0.392. The molecule has 0 aliphatic rings. The average molecular weight is 360 g/mol. The van der Waals surface area contributed by atoms with Gasteiger partial charge in [0.1, 0.15) is 0 Å². The van der Waals surface area contributed by atoms with Gasteiger partial charge >= 0.3 is 6.01 Å². The summed E-state index contributed by atoms with van der Waals surface area (Å²) >= 11 is 3.07. The van der Waals surface area contributed by atoms with Crippen molar-refractivity contribution >= 4 is 27.8 Å². The highest BCUT2D eigenvalue weighted by atomic mass is 79.9. The topological polar surface area (TPSA) is 63.2 Å². The molecule has 112 valence electrons. The molecule has 2 aromatic rings. The van der Waals surface area contributed by atoms with Crippen molar-refractivity contribution in [2.45, 2.75) is 0 Å². The smallest absolute Gasteiger partial charge is 0.328 e. The third kappa shape index (κ3) is 3.54. The van der Waals surface area contributed by atoms with Gasteiger partial charge in [-0.05, 0) is 12.1 Å². The van der Waals surface area contributed by atoms with E-state index in [1.165, 1.54) is 6.07 Å². The van der Waals surface area contributed by atoms with Crippen LogP contribution in [0.1, 0.15) is 0 Å². The molecule has 0 bridgehead atoms. The highest BCUT2D eigenvalue weighted by Gasteiger charge is 2.15. The van der Waals surface area contributed by atoms with Crippen LogP contribution < -0.4 is 15.0 Å². The van der Waals surface area contributed by atoms with Crippen LogP contribution in [-0.4, -0.2) is 36.1 Å². The minimum Gasteiger partial charge on any atom is -0.421 e. The van der Waals surface area contributed by atoms with Crippen molar-refractivity contribution in [1.82, 2.24) is 15.0 Å². The zero-order chi connectivity index (χ0) is 15.6. The van der Waals surface area contributed by atoms with E-state index in [1.807, 2.05) is 0 Å². The Morgan fingerprint density at radius 3 is 2.52 bits per heavy atom. The summed E-state index contributed by atoms with van der Waals surface area (Å²) < 4.78 is 32.6. The fourth-order valence-electron chi connectivity index (χ4n) is 1.41. The van der Waals surface area contributed by atoms with Crippen LogP contribution in [0.5, 0.6) is 11.8 Å². The maximum absolute atomic E-state index is 13.7. The van der Waals surface area contributed by atoms with E-state index in [9.17, 15) is 8.78 Å². The molecule has 0 radical (unpaired) electrons. The molecule has 1 N–H and O–H groups in total. The van der Waals surface area contributed by atoms with Crippen molar-refractivity contribution in [3.63, 3.8) is 0 Å². The summed E-state index contributed by atoms with van der Waals surface area (Å²) in [6.45, 7) is 0. The molecule has 1 heterocycles. The van der Waals surface area contributed by atoms with Gasteiger partial charge in [0.2, 0.25) is 17.7 Å². The van der Waals surface area contributed by atoms with Gasteiger partial charge in [0.05, 0.1) is 0 Å². The molecule has 0 aliphatic carbocycles. The molecule has 0 spiro atoms. The lowest BCUT2D eigenvalue weighted by atomic mass is 10.3. The molecule has 9 heteroatoms.